The molecule has 13 heteroatoms. The average molecular weight is 653 g/mol. The number of ether oxygens (including phenoxy) is 2. The molecular formula is C30H47F3O8SSi. The number of alkyl halides is 3. The minimum Gasteiger partial charge on any atom is -0.466 e. The standard InChI is InChI=1S/C30H47F3O8SSi/c1-19(2)43(20(3)4,21(5)6)38-17-15-22-10-12-25(39-22)23-11-13-27(41-42(35,36)30(31,32)33)29(23,9)16-14-26-24(34)18-37-28(7,8)40-26/h10,12-13,19-21,23,26H,11,14-18H2,1-9H3/t23-,26?,29-/m0/s1. The van der Waals surface area contributed by atoms with Gasteiger partial charge in [0.2, 0.25) is 0 Å². The second-order valence-corrected chi connectivity index (χ2v) is 20.3. The molecule has 0 bridgehead atoms. The van der Waals surface area contributed by atoms with Gasteiger partial charge in [0.25, 0.3) is 0 Å². The minimum absolute atomic E-state index is 0.105. The van der Waals surface area contributed by atoms with Crippen molar-refractivity contribution < 1.29 is 48.9 Å². The number of halogens is 3. The first-order valence-corrected chi connectivity index (χ1v) is 18.5. The van der Waals surface area contributed by atoms with Crippen molar-refractivity contribution in [2.45, 2.75) is 128 Å². The van der Waals surface area contributed by atoms with Gasteiger partial charge in [-0.25, -0.2) is 0 Å². The van der Waals surface area contributed by atoms with Gasteiger partial charge in [-0.1, -0.05) is 48.5 Å². The van der Waals surface area contributed by atoms with Crippen LogP contribution in [0, 0.1) is 5.41 Å². The van der Waals surface area contributed by atoms with E-state index < -0.39 is 47.2 Å². The lowest BCUT2D eigenvalue weighted by atomic mass is 9.73. The lowest BCUT2D eigenvalue weighted by Crippen LogP contribution is -2.48. The van der Waals surface area contributed by atoms with E-state index in [-0.39, 0.29) is 37.4 Å². The Morgan fingerprint density at radius 2 is 1.65 bits per heavy atom. The van der Waals surface area contributed by atoms with Crippen molar-refractivity contribution in [1.29, 1.82) is 0 Å². The van der Waals surface area contributed by atoms with E-state index in [4.69, 9.17) is 22.5 Å². The molecule has 3 atom stereocenters. The zero-order valence-corrected chi connectivity index (χ0v) is 28.5. The van der Waals surface area contributed by atoms with Crippen LogP contribution in [0.1, 0.15) is 99.0 Å². The first kappa shape index (κ1) is 35.8. The summed E-state index contributed by atoms with van der Waals surface area (Å²) in [5, 5.41) is 0. The third-order valence-corrected chi connectivity index (χ3v) is 16.1. The van der Waals surface area contributed by atoms with Gasteiger partial charge in [0.05, 0.1) is 0 Å². The summed E-state index contributed by atoms with van der Waals surface area (Å²) in [5.74, 6) is -0.996. The number of hydrogen-bond acceptors (Lipinski definition) is 8. The summed E-state index contributed by atoms with van der Waals surface area (Å²) in [5.41, 5.74) is -5.55. The molecule has 3 rings (SSSR count). The van der Waals surface area contributed by atoms with Gasteiger partial charge < -0.3 is 22.5 Å². The molecule has 2 aliphatic rings. The number of rotatable bonds is 13. The summed E-state index contributed by atoms with van der Waals surface area (Å²) in [6, 6.07) is 3.59. The van der Waals surface area contributed by atoms with Crippen LogP contribution in [0.2, 0.25) is 16.6 Å². The molecule has 1 aromatic rings. The predicted molar refractivity (Wildman–Crippen MR) is 158 cm³/mol. The maximum Gasteiger partial charge on any atom is 0.534 e. The fourth-order valence-electron chi connectivity index (χ4n) is 6.89. The maximum absolute atomic E-state index is 13.3. The third-order valence-electron chi connectivity index (χ3n) is 9.06. The minimum atomic E-state index is -5.90. The van der Waals surface area contributed by atoms with Gasteiger partial charge in [0, 0.05) is 24.4 Å². The Balaban J connectivity index is 1.83. The van der Waals surface area contributed by atoms with Crippen molar-refractivity contribution in [3.8, 4) is 0 Å². The van der Waals surface area contributed by atoms with Crippen LogP contribution < -0.4 is 0 Å². The molecule has 1 aromatic heterocycles. The van der Waals surface area contributed by atoms with E-state index >= 15 is 0 Å². The summed E-state index contributed by atoms with van der Waals surface area (Å²) in [6.45, 7) is 18.6. The predicted octanol–water partition coefficient (Wildman–Crippen LogP) is 7.76. The first-order chi connectivity index (χ1) is 19.7. The molecule has 2 heterocycles. The van der Waals surface area contributed by atoms with E-state index in [1.165, 1.54) is 6.08 Å². The molecule has 8 nitrogen and oxygen atoms in total. The van der Waals surface area contributed by atoms with Crippen LogP contribution in [0.15, 0.2) is 28.4 Å². The van der Waals surface area contributed by atoms with Gasteiger partial charge in [-0.05, 0) is 67.9 Å². The molecule has 1 aliphatic carbocycles. The van der Waals surface area contributed by atoms with E-state index in [9.17, 15) is 26.4 Å². The largest absolute Gasteiger partial charge is 0.534 e. The molecule has 1 fully saturated rings. The molecule has 1 saturated heterocycles. The number of carbonyl (C=O) groups excluding carboxylic acids is 1. The zero-order valence-electron chi connectivity index (χ0n) is 26.7. The van der Waals surface area contributed by atoms with E-state index in [0.717, 1.165) is 0 Å². The molecule has 0 radical (unpaired) electrons. The summed E-state index contributed by atoms with van der Waals surface area (Å²) in [6.07, 6.45) is 1.44. The lowest BCUT2D eigenvalue weighted by molar-refractivity contribution is -0.259. The lowest BCUT2D eigenvalue weighted by Gasteiger charge is -2.42. The Bertz CT molecular complexity index is 1250. The van der Waals surface area contributed by atoms with Crippen LogP contribution in [0.4, 0.5) is 13.2 Å². The normalized spacial score (nSPS) is 25.2. The first-order valence-electron chi connectivity index (χ1n) is 14.9. The Morgan fingerprint density at radius 3 is 2.21 bits per heavy atom. The van der Waals surface area contributed by atoms with Gasteiger partial charge in [0.15, 0.2) is 19.9 Å². The zero-order chi connectivity index (χ0) is 32.6. The summed E-state index contributed by atoms with van der Waals surface area (Å²) in [7, 11) is -7.98. The van der Waals surface area contributed by atoms with Crippen molar-refractivity contribution in [2.75, 3.05) is 13.2 Å². The van der Waals surface area contributed by atoms with Crippen LogP contribution >= 0.6 is 0 Å². The molecule has 43 heavy (non-hydrogen) atoms. The summed E-state index contributed by atoms with van der Waals surface area (Å²) < 4.78 is 92.6. The molecular weight excluding hydrogens is 605 g/mol. The highest BCUT2D eigenvalue weighted by atomic mass is 32.2. The van der Waals surface area contributed by atoms with Crippen LogP contribution in [0.25, 0.3) is 0 Å². The molecule has 0 spiro atoms. The van der Waals surface area contributed by atoms with Gasteiger partial charge in [-0.2, -0.15) is 21.6 Å². The molecule has 1 unspecified atom stereocenters. The van der Waals surface area contributed by atoms with E-state index in [2.05, 4.69) is 41.5 Å². The van der Waals surface area contributed by atoms with Crippen LogP contribution in [-0.2, 0) is 39.4 Å². The Kier molecular flexibility index (Phi) is 10.8. The quantitative estimate of drug-likeness (QED) is 0.121. The second-order valence-electron chi connectivity index (χ2n) is 13.3. The summed E-state index contributed by atoms with van der Waals surface area (Å²) >= 11 is 0. The number of Topliss-reactive ketones (excluding diaryl/α,β-unsaturated/α-hetero) is 1. The molecule has 0 aromatic carbocycles. The average Bonchev–Trinajstić information content (AvgIpc) is 3.45. The highest BCUT2D eigenvalue weighted by molar-refractivity contribution is 7.87. The van der Waals surface area contributed by atoms with Crippen LogP contribution in [0.5, 0.6) is 0 Å². The Hall–Kier alpha value is -1.67. The van der Waals surface area contributed by atoms with Crippen molar-refractivity contribution in [3.05, 3.63) is 35.5 Å². The number of carbonyl (C=O) groups is 1. The molecule has 0 amide bonds. The second kappa shape index (κ2) is 13.0. The SMILES string of the molecule is CC(C)[Si](OCCc1ccc([C@@H]2CC=C(OS(=O)(=O)C(F)(F)F)[C@@]2(C)CCC2OC(C)(C)OCC2=O)o1)(C(C)C)C(C)C. The molecule has 0 saturated carbocycles. The van der Waals surface area contributed by atoms with Crippen LogP contribution in [0.3, 0.4) is 0 Å². The topological polar surface area (TPSA) is 101 Å². The van der Waals surface area contributed by atoms with Crippen molar-refractivity contribution in [2.24, 2.45) is 5.41 Å². The van der Waals surface area contributed by atoms with Crippen LogP contribution in [-0.4, -0.2) is 53.1 Å². The Labute approximate surface area is 254 Å². The molecule has 1 aliphatic heterocycles. The Morgan fingerprint density at radius 1 is 1.05 bits per heavy atom. The maximum atomic E-state index is 13.3. The molecule has 0 N–H and O–H groups in total. The summed E-state index contributed by atoms with van der Waals surface area (Å²) in [4.78, 5) is 12.5. The van der Waals surface area contributed by atoms with E-state index in [1.807, 2.05) is 6.07 Å². The van der Waals surface area contributed by atoms with Crippen molar-refractivity contribution >= 4 is 24.2 Å². The smallest absolute Gasteiger partial charge is 0.466 e. The highest BCUT2D eigenvalue weighted by Gasteiger charge is 2.54. The fourth-order valence-corrected chi connectivity index (χ4v) is 12.9. The highest BCUT2D eigenvalue weighted by Crippen LogP contribution is 2.54. The third kappa shape index (κ3) is 7.59. The van der Waals surface area contributed by atoms with Gasteiger partial charge >= 0.3 is 15.6 Å². The van der Waals surface area contributed by atoms with E-state index in [0.29, 0.717) is 41.2 Å². The molecule has 246 valence electrons. The van der Waals surface area contributed by atoms with Gasteiger partial charge in [-0.3, -0.25) is 4.79 Å². The number of allylic oxidation sites excluding steroid dienone is 2. The fraction of sp³-hybridized carbons (Fsp3) is 0.767. The number of furan rings is 1. The van der Waals surface area contributed by atoms with Gasteiger partial charge in [0.1, 0.15) is 30.0 Å². The monoisotopic (exact) mass is 652 g/mol. The van der Waals surface area contributed by atoms with Crippen molar-refractivity contribution in [1.82, 2.24) is 0 Å². The van der Waals surface area contributed by atoms with Gasteiger partial charge in [-0.15, -0.1) is 0 Å². The number of ketones is 1. The van der Waals surface area contributed by atoms with Crippen molar-refractivity contribution in [3.63, 3.8) is 0 Å². The van der Waals surface area contributed by atoms with E-state index in [1.54, 1.807) is 26.8 Å². The number of hydrogen-bond donors (Lipinski definition) is 0.